The number of ether oxygens (including phenoxy) is 1. The number of nitrogens with one attached hydrogen (secondary N) is 2. The van der Waals surface area contributed by atoms with Crippen molar-refractivity contribution < 1.29 is 23.5 Å². The first-order valence-corrected chi connectivity index (χ1v) is 10.2. The summed E-state index contributed by atoms with van der Waals surface area (Å²) in [7, 11) is 0. The monoisotopic (exact) mass is 424 g/mol. The van der Waals surface area contributed by atoms with E-state index in [9.17, 15) is 14.4 Å². The summed E-state index contributed by atoms with van der Waals surface area (Å²) >= 11 is 7.55. The molecule has 0 saturated heterocycles. The van der Waals surface area contributed by atoms with Gasteiger partial charge in [-0.3, -0.25) is 9.59 Å². The zero-order valence-corrected chi connectivity index (χ0v) is 17.1. The molecule has 9 heteroatoms. The highest BCUT2D eigenvalue weighted by Gasteiger charge is 2.24. The summed E-state index contributed by atoms with van der Waals surface area (Å²) in [5.41, 5.74) is 1.39. The maximum atomic E-state index is 12.3. The SMILES string of the molecule is CSCCC(NC(=O)c1ccco1)C(=O)OCC(=O)Nc1ccc(C)c(Cl)c1. The van der Waals surface area contributed by atoms with Crippen molar-refractivity contribution in [3.8, 4) is 0 Å². The molecular formula is C19H21ClN2O5S. The molecule has 1 aromatic carbocycles. The van der Waals surface area contributed by atoms with Crippen LogP contribution >= 0.6 is 23.4 Å². The van der Waals surface area contributed by atoms with Gasteiger partial charge in [0.2, 0.25) is 0 Å². The zero-order valence-electron chi connectivity index (χ0n) is 15.5. The zero-order chi connectivity index (χ0) is 20.5. The maximum absolute atomic E-state index is 12.3. The number of halogens is 1. The van der Waals surface area contributed by atoms with E-state index in [1.807, 2.05) is 13.2 Å². The molecule has 150 valence electrons. The number of anilines is 1. The Bertz CT molecular complexity index is 826. The molecule has 0 aliphatic carbocycles. The van der Waals surface area contributed by atoms with Gasteiger partial charge in [-0.05, 0) is 55.2 Å². The third-order valence-electron chi connectivity index (χ3n) is 3.75. The van der Waals surface area contributed by atoms with Crippen LogP contribution in [-0.2, 0) is 14.3 Å². The Morgan fingerprint density at radius 1 is 1.29 bits per heavy atom. The number of furan rings is 1. The number of thioether (sulfide) groups is 1. The molecule has 2 amide bonds. The van der Waals surface area contributed by atoms with Gasteiger partial charge in [-0.15, -0.1) is 0 Å². The van der Waals surface area contributed by atoms with Crippen molar-refractivity contribution in [2.24, 2.45) is 0 Å². The van der Waals surface area contributed by atoms with E-state index in [4.69, 9.17) is 20.8 Å². The average molecular weight is 425 g/mol. The standard InChI is InChI=1S/C19H21ClN2O5S/c1-12-5-6-13(10-14(12)20)21-17(23)11-27-19(25)15(7-9-28-2)22-18(24)16-4-3-8-26-16/h3-6,8,10,15H,7,9,11H2,1-2H3,(H,21,23)(H,22,24). The second kappa shape index (κ2) is 10.8. The van der Waals surface area contributed by atoms with Crippen molar-refractivity contribution in [3.63, 3.8) is 0 Å². The van der Waals surface area contributed by atoms with E-state index in [2.05, 4.69) is 10.6 Å². The van der Waals surface area contributed by atoms with Crippen LogP contribution in [-0.4, -0.2) is 42.4 Å². The average Bonchev–Trinajstić information content (AvgIpc) is 3.21. The van der Waals surface area contributed by atoms with Crippen molar-refractivity contribution in [2.75, 3.05) is 23.9 Å². The van der Waals surface area contributed by atoms with Crippen LogP contribution in [0.1, 0.15) is 22.5 Å². The summed E-state index contributed by atoms with van der Waals surface area (Å²) in [5.74, 6) is -0.991. The molecule has 0 radical (unpaired) electrons. The molecule has 2 N–H and O–H groups in total. The Morgan fingerprint density at radius 3 is 2.71 bits per heavy atom. The molecule has 1 heterocycles. The highest BCUT2D eigenvalue weighted by molar-refractivity contribution is 7.98. The van der Waals surface area contributed by atoms with Crippen LogP contribution in [0.25, 0.3) is 0 Å². The van der Waals surface area contributed by atoms with Crippen molar-refractivity contribution in [1.29, 1.82) is 0 Å². The third kappa shape index (κ3) is 6.61. The van der Waals surface area contributed by atoms with Gasteiger partial charge in [-0.1, -0.05) is 17.7 Å². The van der Waals surface area contributed by atoms with Gasteiger partial charge in [0.1, 0.15) is 6.04 Å². The fourth-order valence-corrected chi connectivity index (χ4v) is 2.88. The number of carbonyl (C=O) groups excluding carboxylic acids is 3. The molecule has 2 aromatic rings. The molecule has 0 spiro atoms. The van der Waals surface area contributed by atoms with Gasteiger partial charge < -0.3 is 19.8 Å². The summed E-state index contributed by atoms with van der Waals surface area (Å²) in [6.45, 7) is 1.37. The Labute approximate surface area is 172 Å². The predicted octanol–water partition coefficient (Wildman–Crippen LogP) is 3.27. The van der Waals surface area contributed by atoms with Gasteiger partial charge in [-0.25, -0.2) is 4.79 Å². The second-order valence-electron chi connectivity index (χ2n) is 5.90. The molecular weight excluding hydrogens is 404 g/mol. The van der Waals surface area contributed by atoms with E-state index in [1.54, 1.807) is 24.3 Å². The van der Waals surface area contributed by atoms with E-state index in [0.29, 0.717) is 22.9 Å². The summed E-state index contributed by atoms with van der Waals surface area (Å²) in [6.07, 6.45) is 3.62. The van der Waals surface area contributed by atoms with Gasteiger partial charge >= 0.3 is 5.97 Å². The number of esters is 1. The summed E-state index contributed by atoms with van der Waals surface area (Å²) < 4.78 is 10.1. The smallest absolute Gasteiger partial charge is 0.329 e. The molecule has 1 atom stereocenters. The normalized spacial score (nSPS) is 11.5. The first-order valence-electron chi connectivity index (χ1n) is 8.46. The van der Waals surface area contributed by atoms with Crippen molar-refractivity contribution in [2.45, 2.75) is 19.4 Å². The molecule has 1 unspecified atom stereocenters. The van der Waals surface area contributed by atoms with E-state index in [1.165, 1.54) is 24.1 Å². The Balaban J connectivity index is 1.89. The van der Waals surface area contributed by atoms with E-state index in [0.717, 1.165) is 5.56 Å². The minimum atomic E-state index is -0.883. The fraction of sp³-hybridized carbons (Fsp3) is 0.316. The van der Waals surface area contributed by atoms with Crippen molar-refractivity contribution >= 4 is 46.8 Å². The maximum Gasteiger partial charge on any atom is 0.329 e. The quantitative estimate of drug-likeness (QED) is 0.599. The molecule has 0 aliphatic rings. The van der Waals surface area contributed by atoms with Gasteiger partial charge in [0, 0.05) is 10.7 Å². The van der Waals surface area contributed by atoms with Crippen molar-refractivity contribution in [3.05, 3.63) is 52.9 Å². The Hall–Kier alpha value is -2.45. The van der Waals surface area contributed by atoms with E-state index >= 15 is 0 Å². The number of carbonyl (C=O) groups is 3. The molecule has 28 heavy (non-hydrogen) atoms. The number of hydrogen-bond donors (Lipinski definition) is 2. The highest BCUT2D eigenvalue weighted by atomic mass is 35.5. The number of hydrogen-bond acceptors (Lipinski definition) is 6. The van der Waals surface area contributed by atoms with Crippen LogP contribution in [0.5, 0.6) is 0 Å². The van der Waals surface area contributed by atoms with Crippen molar-refractivity contribution in [1.82, 2.24) is 5.32 Å². The molecule has 2 rings (SSSR count). The van der Waals surface area contributed by atoms with E-state index < -0.39 is 30.4 Å². The molecule has 0 bridgehead atoms. The van der Waals surface area contributed by atoms with Crippen LogP contribution in [0.2, 0.25) is 5.02 Å². The fourth-order valence-electron chi connectivity index (χ4n) is 2.23. The Morgan fingerprint density at radius 2 is 2.07 bits per heavy atom. The first kappa shape index (κ1) is 21.8. The van der Waals surface area contributed by atoms with Crippen LogP contribution in [0, 0.1) is 6.92 Å². The van der Waals surface area contributed by atoms with Crippen LogP contribution in [0.15, 0.2) is 41.0 Å². The first-order chi connectivity index (χ1) is 13.4. The summed E-state index contributed by atoms with van der Waals surface area (Å²) in [5, 5.41) is 5.70. The van der Waals surface area contributed by atoms with Gasteiger partial charge in [0.15, 0.2) is 12.4 Å². The number of benzene rings is 1. The predicted molar refractivity (Wildman–Crippen MR) is 109 cm³/mol. The summed E-state index contributed by atoms with van der Waals surface area (Å²) in [4.78, 5) is 36.5. The van der Waals surface area contributed by atoms with Gasteiger partial charge in [-0.2, -0.15) is 11.8 Å². The largest absolute Gasteiger partial charge is 0.459 e. The van der Waals surface area contributed by atoms with Gasteiger partial charge in [0.25, 0.3) is 11.8 Å². The molecule has 0 saturated carbocycles. The molecule has 1 aromatic heterocycles. The number of aryl methyl sites for hydroxylation is 1. The van der Waals surface area contributed by atoms with Crippen LogP contribution in [0.4, 0.5) is 5.69 Å². The highest BCUT2D eigenvalue weighted by Crippen LogP contribution is 2.19. The lowest BCUT2D eigenvalue weighted by Crippen LogP contribution is -2.43. The number of amides is 2. The van der Waals surface area contributed by atoms with Crippen LogP contribution < -0.4 is 10.6 Å². The second-order valence-corrected chi connectivity index (χ2v) is 7.30. The van der Waals surface area contributed by atoms with Gasteiger partial charge in [0.05, 0.1) is 6.26 Å². The van der Waals surface area contributed by atoms with E-state index in [-0.39, 0.29) is 5.76 Å². The molecule has 0 fully saturated rings. The third-order valence-corrected chi connectivity index (χ3v) is 4.80. The molecule has 7 nitrogen and oxygen atoms in total. The topological polar surface area (TPSA) is 97.6 Å². The minimum absolute atomic E-state index is 0.0935. The lowest BCUT2D eigenvalue weighted by molar-refractivity contribution is -0.149. The Kier molecular flexibility index (Phi) is 8.41. The minimum Gasteiger partial charge on any atom is -0.459 e. The number of rotatable bonds is 9. The lowest BCUT2D eigenvalue weighted by Gasteiger charge is -2.16. The van der Waals surface area contributed by atoms with Crippen LogP contribution in [0.3, 0.4) is 0 Å². The molecule has 0 aliphatic heterocycles. The lowest BCUT2D eigenvalue weighted by atomic mass is 10.2. The summed E-state index contributed by atoms with van der Waals surface area (Å²) in [6, 6.07) is 7.27.